The van der Waals surface area contributed by atoms with Gasteiger partial charge in [-0.05, 0) is 62.9 Å². The van der Waals surface area contributed by atoms with Gasteiger partial charge in [0, 0.05) is 31.6 Å². The van der Waals surface area contributed by atoms with Crippen LogP contribution in [-0.2, 0) is 21.4 Å². The lowest BCUT2D eigenvalue weighted by Gasteiger charge is -2.34. The molecule has 0 spiro atoms. The molecule has 0 N–H and O–H groups in total. The first kappa shape index (κ1) is 24.1. The van der Waals surface area contributed by atoms with Crippen LogP contribution in [0.1, 0.15) is 27.9 Å². The zero-order valence-corrected chi connectivity index (χ0v) is 21.1. The Kier molecular flexibility index (Phi) is 6.35. The number of carbonyl (C=O) groups excluding carboxylic acids is 1. The van der Waals surface area contributed by atoms with E-state index in [4.69, 9.17) is 0 Å². The number of fused-ring (bicyclic) bond motifs is 1. The lowest BCUT2D eigenvalue weighted by atomic mass is 10.0. The first-order valence-electron chi connectivity index (χ1n) is 11.3. The summed E-state index contributed by atoms with van der Waals surface area (Å²) >= 11 is 0. The molecular weight excluding hydrogens is 452 g/mol. The van der Waals surface area contributed by atoms with Crippen LogP contribution in [0.25, 0.3) is 10.8 Å². The van der Waals surface area contributed by atoms with Gasteiger partial charge in [-0.15, -0.1) is 0 Å². The smallest absolute Gasteiger partial charge is 0.275 e. The van der Waals surface area contributed by atoms with Crippen molar-refractivity contribution < 1.29 is 13.2 Å². The number of rotatable bonds is 4. The van der Waals surface area contributed by atoms with E-state index in [0.29, 0.717) is 16.0 Å². The molecule has 0 saturated carbocycles. The van der Waals surface area contributed by atoms with Crippen LogP contribution in [0, 0.1) is 34.6 Å². The molecular formula is C25H30N4O4S. The number of piperazine rings is 1. The topological polar surface area (TPSA) is 92.6 Å². The molecule has 2 aromatic carbocycles. The summed E-state index contributed by atoms with van der Waals surface area (Å²) in [7, 11) is -3.69. The third-order valence-corrected chi connectivity index (χ3v) is 9.00. The fraction of sp³-hybridized carbons (Fsp3) is 0.400. The number of nitrogens with zero attached hydrogens (tertiary/aromatic N) is 4. The van der Waals surface area contributed by atoms with Gasteiger partial charge in [-0.1, -0.05) is 24.3 Å². The molecule has 4 rings (SSSR count). The Labute approximate surface area is 199 Å². The molecule has 0 unspecified atom stereocenters. The molecule has 0 atom stereocenters. The van der Waals surface area contributed by atoms with Crippen LogP contribution in [0.3, 0.4) is 0 Å². The average molecular weight is 483 g/mol. The van der Waals surface area contributed by atoms with Gasteiger partial charge in [-0.2, -0.15) is 9.40 Å². The molecule has 0 bridgehead atoms. The van der Waals surface area contributed by atoms with Gasteiger partial charge in [0.1, 0.15) is 6.54 Å². The molecule has 1 saturated heterocycles. The normalized spacial score (nSPS) is 15.1. The quantitative estimate of drug-likeness (QED) is 0.570. The van der Waals surface area contributed by atoms with Crippen molar-refractivity contribution in [3.63, 3.8) is 0 Å². The minimum Gasteiger partial charge on any atom is -0.338 e. The molecule has 3 aromatic rings. The molecule has 8 nitrogen and oxygen atoms in total. The zero-order chi connectivity index (χ0) is 24.8. The van der Waals surface area contributed by atoms with E-state index in [1.165, 1.54) is 8.99 Å². The summed E-state index contributed by atoms with van der Waals surface area (Å²) < 4.78 is 29.6. The Morgan fingerprint density at radius 3 is 2.06 bits per heavy atom. The van der Waals surface area contributed by atoms with Crippen LogP contribution < -0.4 is 5.56 Å². The standard InChI is InChI=1S/C25H30N4O4S/c1-16-14-17(2)19(4)24(18(16)3)34(32,33)28-12-10-27(11-13-28)23(30)15-29-25(31)22-9-7-6-8-21(22)20(5)26-29/h6-9,14H,10-13,15H2,1-5H3. The summed E-state index contributed by atoms with van der Waals surface area (Å²) in [5, 5.41) is 5.61. The number of aryl methyl sites for hydroxylation is 3. The molecule has 1 aliphatic heterocycles. The Morgan fingerprint density at radius 2 is 1.47 bits per heavy atom. The lowest BCUT2D eigenvalue weighted by Crippen LogP contribution is -2.51. The molecule has 2 heterocycles. The number of hydrogen-bond donors (Lipinski definition) is 0. The summed E-state index contributed by atoms with van der Waals surface area (Å²) in [5.74, 6) is -0.250. The monoisotopic (exact) mass is 482 g/mol. The molecule has 0 radical (unpaired) electrons. The number of aromatic nitrogens is 2. The van der Waals surface area contributed by atoms with E-state index in [1.54, 1.807) is 17.0 Å². The first-order chi connectivity index (χ1) is 16.0. The molecule has 1 aliphatic rings. The van der Waals surface area contributed by atoms with E-state index >= 15 is 0 Å². The van der Waals surface area contributed by atoms with E-state index in [2.05, 4.69) is 5.10 Å². The maximum atomic E-state index is 13.5. The van der Waals surface area contributed by atoms with Gasteiger partial charge >= 0.3 is 0 Å². The fourth-order valence-corrected chi connectivity index (χ4v) is 6.61. The third kappa shape index (κ3) is 4.14. The van der Waals surface area contributed by atoms with Crippen molar-refractivity contribution in [2.24, 2.45) is 0 Å². The number of benzene rings is 2. The van der Waals surface area contributed by atoms with E-state index in [-0.39, 0.29) is 44.2 Å². The predicted molar refractivity (Wildman–Crippen MR) is 131 cm³/mol. The van der Waals surface area contributed by atoms with Crippen molar-refractivity contribution in [3.8, 4) is 0 Å². The number of hydrogen-bond acceptors (Lipinski definition) is 5. The fourth-order valence-electron chi connectivity index (χ4n) is 4.61. The number of amides is 1. The van der Waals surface area contributed by atoms with Crippen LogP contribution in [0.4, 0.5) is 0 Å². The Morgan fingerprint density at radius 1 is 0.912 bits per heavy atom. The average Bonchev–Trinajstić information content (AvgIpc) is 2.81. The highest BCUT2D eigenvalue weighted by molar-refractivity contribution is 7.89. The number of carbonyl (C=O) groups is 1. The highest BCUT2D eigenvalue weighted by Crippen LogP contribution is 2.29. The summed E-state index contributed by atoms with van der Waals surface area (Å²) in [5.41, 5.74) is 3.78. The van der Waals surface area contributed by atoms with Gasteiger partial charge < -0.3 is 4.90 Å². The van der Waals surface area contributed by atoms with Crippen molar-refractivity contribution >= 4 is 26.7 Å². The maximum Gasteiger partial charge on any atom is 0.275 e. The van der Waals surface area contributed by atoms with Gasteiger partial charge in [-0.25, -0.2) is 13.1 Å². The molecule has 1 aromatic heterocycles. The van der Waals surface area contributed by atoms with Crippen molar-refractivity contribution in [1.82, 2.24) is 19.0 Å². The Balaban J connectivity index is 1.51. The van der Waals surface area contributed by atoms with Gasteiger partial charge in [0.25, 0.3) is 5.56 Å². The lowest BCUT2D eigenvalue weighted by molar-refractivity contribution is -0.133. The minimum absolute atomic E-state index is 0.174. The Hall–Kier alpha value is -3.04. The van der Waals surface area contributed by atoms with Crippen molar-refractivity contribution in [2.75, 3.05) is 26.2 Å². The second kappa shape index (κ2) is 8.96. The summed E-state index contributed by atoms with van der Waals surface area (Å²) in [6.45, 7) is 10.1. The van der Waals surface area contributed by atoms with Gasteiger partial charge in [0.05, 0.1) is 16.0 Å². The van der Waals surface area contributed by atoms with E-state index in [1.807, 2.05) is 52.8 Å². The van der Waals surface area contributed by atoms with E-state index in [0.717, 1.165) is 27.6 Å². The second-order valence-electron chi connectivity index (χ2n) is 8.97. The van der Waals surface area contributed by atoms with Crippen LogP contribution in [0.5, 0.6) is 0 Å². The summed E-state index contributed by atoms with van der Waals surface area (Å²) in [6, 6.07) is 9.21. The number of sulfonamides is 1. The maximum absolute atomic E-state index is 13.5. The zero-order valence-electron chi connectivity index (χ0n) is 20.3. The van der Waals surface area contributed by atoms with Gasteiger partial charge in [0.15, 0.2) is 0 Å². The Bertz CT molecular complexity index is 1430. The highest BCUT2D eigenvalue weighted by Gasteiger charge is 2.33. The van der Waals surface area contributed by atoms with Crippen LogP contribution in [-0.4, -0.2) is 59.5 Å². The predicted octanol–water partition coefficient (Wildman–Crippen LogP) is 2.47. The molecule has 0 aliphatic carbocycles. The third-order valence-electron chi connectivity index (χ3n) is 6.82. The van der Waals surface area contributed by atoms with Crippen molar-refractivity contribution in [2.45, 2.75) is 46.1 Å². The SMILES string of the molecule is Cc1cc(C)c(C)c(S(=O)(=O)N2CCN(C(=O)Cn3nc(C)c4ccccc4c3=O)CC2)c1C. The van der Waals surface area contributed by atoms with Gasteiger partial charge in [0.2, 0.25) is 15.9 Å². The summed E-state index contributed by atoms with van der Waals surface area (Å²) in [6.07, 6.45) is 0. The first-order valence-corrected chi connectivity index (χ1v) is 12.8. The van der Waals surface area contributed by atoms with Crippen molar-refractivity contribution in [3.05, 3.63) is 68.6 Å². The molecule has 9 heteroatoms. The largest absolute Gasteiger partial charge is 0.338 e. The molecule has 1 fully saturated rings. The highest BCUT2D eigenvalue weighted by atomic mass is 32.2. The van der Waals surface area contributed by atoms with E-state index in [9.17, 15) is 18.0 Å². The van der Waals surface area contributed by atoms with Crippen LogP contribution >= 0.6 is 0 Å². The minimum atomic E-state index is -3.69. The molecule has 34 heavy (non-hydrogen) atoms. The van der Waals surface area contributed by atoms with Crippen LogP contribution in [0.15, 0.2) is 40.0 Å². The van der Waals surface area contributed by atoms with E-state index < -0.39 is 10.0 Å². The molecule has 180 valence electrons. The summed E-state index contributed by atoms with van der Waals surface area (Å²) in [4.78, 5) is 27.7. The molecule has 1 amide bonds. The second-order valence-corrected chi connectivity index (χ2v) is 10.8. The van der Waals surface area contributed by atoms with Crippen LogP contribution in [0.2, 0.25) is 0 Å². The van der Waals surface area contributed by atoms with Gasteiger partial charge in [-0.3, -0.25) is 9.59 Å². The van der Waals surface area contributed by atoms with Crippen molar-refractivity contribution in [1.29, 1.82) is 0 Å².